The molecular formula is C44H31BO2. The van der Waals surface area contributed by atoms with Crippen molar-refractivity contribution in [3.8, 4) is 67.5 Å². The minimum atomic E-state index is -0.00826. The Hall–Kier alpha value is -5.80. The third-order valence-corrected chi connectivity index (χ3v) is 9.74. The minimum absolute atomic E-state index is 0.00826. The van der Waals surface area contributed by atoms with Crippen molar-refractivity contribution in [1.82, 2.24) is 0 Å². The van der Waals surface area contributed by atoms with Crippen LogP contribution in [-0.2, 0) is 0 Å². The van der Waals surface area contributed by atoms with Crippen LogP contribution in [0.2, 0.25) is 0 Å². The fraction of sp³-hybridized carbons (Fsp3) is 0.0455. The molecule has 0 radical (unpaired) electrons. The van der Waals surface area contributed by atoms with E-state index < -0.39 is 0 Å². The largest absolute Gasteiger partial charge is 0.458 e. The fourth-order valence-electron chi connectivity index (χ4n) is 7.35. The molecule has 9 rings (SSSR count). The zero-order chi connectivity index (χ0) is 31.5. The van der Waals surface area contributed by atoms with E-state index in [0.29, 0.717) is 0 Å². The van der Waals surface area contributed by atoms with Gasteiger partial charge in [0.25, 0.3) is 6.71 Å². The molecule has 0 fully saturated rings. The highest BCUT2D eigenvalue weighted by Crippen LogP contribution is 2.46. The number of para-hydroxylation sites is 2. The molecule has 0 spiro atoms. The molecule has 7 aromatic rings. The maximum absolute atomic E-state index is 6.86. The summed E-state index contributed by atoms with van der Waals surface area (Å²) in [5.41, 5.74) is 15.1. The van der Waals surface area contributed by atoms with Gasteiger partial charge in [-0.3, -0.25) is 0 Å². The van der Waals surface area contributed by atoms with Gasteiger partial charge < -0.3 is 9.47 Å². The molecule has 0 saturated carbocycles. The van der Waals surface area contributed by atoms with Crippen molar-refractivity contribution in [3.63, 3.8) is 0 Å². The molecule has 0 amide bonds. The quantitative estimate of drug-likeness (QED) is 0.187. The summed E-state index contributed by atoms with van der Waals surface area (Å²) >= 11 is 0. The highest BCUT2D eigenvalue weighted by atomic mass is 16.5. The van der Waals surface area contributed by atoms with Crippen molar-refractivity contribution in [2.45, 2.75) is 13.8 Å². The SMILES string of the molecule is Cc1ccccc1-c1ccc(-c2cc(-c3ccc(-c4ccccc4C)cc3)c3c4c2Oc2ccccc2B4c2ccccc2O3)cc1. The predicted molar refractivity (Wildman–Crippen MR) is 195 cm³/mol. The summed E-state index contributed by atoms with van der Waals surface area (Å²) in [6, 6.07) is 54.0. The van der Waals surface area contributed by atoms with Gasteiger partial charge in [-0.05, 0) is 87.5 Å². The van der Waals surface area contributed by atoms with Crippen LogP contribution < -0.4 is 25.9 Å². The first-order valence-corrected chi connectivity index (χ1v) is 16.2. The monoisotopic (exact) mass is 602 g/mol. The summed E-state index contributed by atoms with van der Waals surface area (Å²) in [6.45, 7) is 4.32. The first kappa shape index (κ1) is 27.5. The molecule has 0 atom stereocenters. The van der Waals surface area contributed by atoms with Gasteiger partial charge in [-0.15, -0.1) is 0 Å². The van der Waals surface area contributed by atoms with Crippen molar-refractivity contribution in [3.05, 3.63) is 163 Å². The number of fused-ring (bicyclic) bond motifs is 4. The Bertz CT molecular complexity index is 2160. The first-order valence-electron chi connectivity index (χ1n) is 16.2. The number of rotatable bonds is 4. The molecule has 3 heteroatoms. The van der Waals surface area contributed by atoms with Crippen LogP contribution in [0.4, 0.5) is 0 Å². The average Bonchev–Trinajstić information content (AvgIpc) is 3.12. The number of hydrogen-bond acceptors (Lipinski definition) is 2. The van der Waals surface area contributed by atoms with Crippen molar-refractivity contribution >= 4 is 23.1 Å². The Morgan fingerprint density at radius 2 is 0.745 bits per heavy atom. The highest BCUT2D eigenvalue weighted by Gasteiger charge is 2.42. The van der Waals surface area contributed by atoms with Crippen LogP contribution in [0.5, 0.6) is 23.0 Å². The normalized spacial score (nSPS) is 12.3. The zero-order valence-corrected chi connectivity index (χ0v) is 26.3. The van der Waals surface area contributed by atoms with Gasteiger partial charge in [0.05, 0.1) is 0 Å². The second-order valence-electron chi connectivity index (χ2n) is 12.5. The topological polar surface area (TPSA) is 18.5 Å². The molecular weight excluding hydrogens is 571 g/mol. The third kappa shape index (κ3) is 4.50. The second-order valence-corrected chi connectivity index (χ2v) is 12.5. The minimum Gasteiger partial charge on any atom is -0.458 e. The van der Waals surface area contributed by atoms with Crippen molar-refractivity contribution in [1.29, 1.82) is 0 Å². The number of benzene rings is 7. The van der Waals surface area contributed by atoms with Gasteiger partial charge in [0.1, 0.15) is 23.0 Å². The van der Waals surface area contributed by atoms with Crippen molar-refractivity contribution < 1.29 is 9.47 Å². The summed E-state index contributed by atoms with van der Waals surface area (Å²) in [5, 5.41) is 0. The molecule has 0 saturated heterocycles. The molecule has 47 heavy (non-hydrogen) atoms. The molecule has 7 aromatic carbocycles. The van der Waals surface area contributed by atoms with E-state index >= 15 is 0 Å². The Balaban J connectivity index is 1.27. The lowest BCUT2D eigenvalue weighted by Crippen LogP contribution is -2.57. The van der Waals surface area contributed by atoms with E-state index in [-0.39, 0.29) is 6.71 Å². The van der Waals surface area contributed by atoms with Crippen LogP contribution in [0.25, 0.3) is 44.5 Å². The second kappa shape index (κ2) is 10.9. The van der Waals surface area contributed by atoms with Crippen LogP contribution in [0, 0.1) is 13.8 Å². The molecule has 2 aliphatic rings. The van der Waals surface area contributed by atoms with Crippen LogP contribution in [-0.4, -0.2) is 6.71 Å². The van der Waals surface area contributed by atoms with Crippen LogP contribution in [0.1, 0.15) is 11.1 Å². The molecule has 0 unspecified atom stereocenters. The zero-order valence-electron chi connectivity index (χ0n) is 26.3. The van der Waals surface area contributed by atoms with E-state index in [1.54, 1.807) is 0 Å². The summed E-state index contributed by atoms with van der Waals surface area (Å²) in [6.07, 6.45) is 0. The smallest absolute Gasteiger partial charge is 0.260 e. The van der Waals surface area contributed by atoms with Gasteiger partial charge in [0.15, 0.2) is 0 Å². The summed E-state index contributed by atoms with van der Waals surface area (Å²) in [7, 11) is 0. The number of ether oxygens (including phenoxy) is 2. The lowest BCUT2D eigenvalue weighted by molar-refractivity contribution is 0.467. The fourth-order valence-corrected chi connectivity index (χ4v) is 7.35. The van der Waals surface area contributed by atoms with E-state index in [1.165, 1.54) is 33.4 Å². The standard InChI is InChI=1S/C44H31BO2/c1-28-11-3-5-13-34(28)30-19-23-32(24-20-30)36-27-37(33-25-21-31(22-26-33)35-14-6-4-12-29(35)2)44-42-43(36)46-40-17-9-7-15-38(40)45(42)39-16-8-10-18-41(39)47-44/h3-27H,1-2H3. The Labute approximate surface area is 276 Å². The third-order valence-electron chi connectivity index (χ3n) is 9.74. The molecule has 222 valence electrons. The molecule has 0 aliphatic carbocycles. The van der Waals surface area contributed by atoms with Gasteiger partial charge in [0.2, 0.25) is 0 Å². The van der Waals surface area contributed by atoms with Gasteiger partial charge in [-0.2, -0.15) is 0 Å². The van der Waals surface area contributed by atoms with Crippen LogP contribution in [0.15, 0.2) is 152 Å². The molecule has 2 nitrogen and oxygen atoms in total. The Morgan fingerprint density at radius 1 is 0.383 bits per heavy atom. The Morgan fingerprint density at radius 3 is 1.17 bits per heavy atom. The summed E-state index contributed by atoms with van der Waals surface area (Å²) in [4.78, 5) is 0. The first-order chi connectivity index (χ1) is 23.1. The van der Waals surface area contributed by atoms with E-state index in [0.717, 1.165) is 61.6 Å². The highest BCUT2D eigenvalue weighted by molar-refractivity contribution is 6.98. The van der Waals surface area contributed by atoms with E-state index in [2.05, 4.69) is 166 Å². The van der Waals surface area contributed by atoms with E-state index in [4.69, 9.17) is 9.47 Å². The Kier molecular flexibility index (Phi) is 6.40. The van der Waals surface area contributed by atoms with Gasteiger partial charge in [-0.25, -0.2) is 0 Å². The van der Waals surface area contributed by atoms with Gasteiger partial charge in [-0.1, -0.05) is 133 Å². The molecule has 2 aliphatic heterocycles. The lowest BCUT2D eigenvalue weighted by Gasteiger charge is -2.35. The molecule has 0 bridgehead atoms. The maximum atomic E-state index is 6.86. The summed E-state index contributed by atoms with van der Waals surface area (Å²) in [5.74, 6) is 3.51. The van der Waals surface area contributed by atoms with E-state index in [9.17, 15) is 0 Å². The van der Waals surface area contributed by atoms with Gasteiger partial charge in [0, 0.05) is 16.6 Å². The molecule has 2 heterocycles. The predicted octanol–water partition coefficient (Wildman–Crippen LogP) is 9.70. The molecule has 0 N–H and O–H groups in total. The van der Waals surface area contributed by atoms with E-state index in [1.807, 2.05) is 0 Å². The number of aryl methyl sites for hydroxylation is 2. The number of hydrogen-bond donors (Lipinski definition) is 0. The molecule has 0 aromatic heterocycles. The van der Waals surface area contributed by atoms with Crippen molar-refractivity contribution in [2.75, 3.05) is 0 Å². The van der Waals surface area contributed by atoms with Crippen molar-refractivity contribution in [2.24, 2.45) is 0 Å². The summed E-state index contributed by atoms with van der Waals surface area (Å²) < 4.78 is 13.7. The van der Waals surface area contributed by atoms with Crippen LogP contribution >= 0.6 is 0 Å². The van der Waals surface area contributed by atoms with Gasteiger partial charge >= 0.3 is 0 Å². The van der Waals surface area contributed by atoms with Crippen LogP contribution in [0.3, 0.4) is 0 Å². The maximum Gasteiger partial charge on any atom is 0.260 e. The average molecular weight is 603 g/mol. The lowest BCUT2D eigenvalue weighted by atomic mass is 9.34.